The van der Waals surface area contributed by atoms with Crippen LogP contribution in [-0.2, 0) is 11.3 Å². The quantitative estimate of drug-likeness (QED) is 0.876. The van der Waals surface area contributed by atoms with Crippen LogP contribution in [-0.4, -0.2) is 16.2 Å². The summed E-state index contributed by atoms with van der Waals surface area (Å²) in [6.45, 7) is 3.53. The number of esters is 1. The van der Waals surface area contributed by atoms with Crippen LogP contribution < -0.4 is 0 Å². The Morgan fingerprint density at radius 2 is 2.21 bits per heavy atom. The Hall–Kier alpha value is -2.01. The fraction of sp³-hybridized carbons (Fsp3) is 0.231. The number of benzene rings is 1. The highest BCUT2D eigenvalue weighted by molar-refractivity contribution is 6.31. The van der Waals surface area contributed by atoms with Crippen LogP contribution in [0.1, 0.15) is 27.4 Å². The number of halogens is 1. The van der Waals surface area contributed by atoms with Crippen molar-refractivity contribution in [1.82, 2.24) is 5.16 Å². The number of aromatic nitrogens is 1. The fourth-order valence-corrected chi connectivity index (χ4v) is 1.77. The van der Waals surface area contributed by atoms with Crippen molar-refractivity contribution in [3.63, 3.8) is 0 Å². The van der Waals surface area contributed by atoms with E-state index >= 15 is 0 Å². The molecular weight excluding hydrogens is 270 g/mol. The van der Waals surface area contributed by atoms with Crippen LogP contribution in [0.4, 0.5) is 0 Å². The normalized spacial score (nSPS) is 10.5. The second kappa shape index (κ2) is 5.32. The maximum atomic E-state index is 11.8. The van der Waals surface area contributed by atoms with Gasteiger partial charge >= 0.3 is 5.97 Å². The first-order valence-corrected chi connectivity index (χ1v) is 5.94. The highest BCUT2D eigenvalue weighted by Crippen LogP contribution is 2.23. The van der Waals surface area contributed by atoms with Gasteiger partial charge in [-0.25, -0.2) is 4.79 Å². The molecule has 100 valence electrons. The number of nitrogens with zero attached hydrogens (tertiary/aromatic N) is 1. The monoisotopic (exact) mass is 281 g/mol. The SMILES string of the molecule is Cc1noc(C)c1COC(=O)c1cc(Cl)ccc1O. The minimum Gasteiger partial charge on any atom is -0.507 e. The number of carbonyl (C=O) groups excluding carboxylic acids is 1. The average Bonchev–Trinajstić information content (AvgIpc) is 2.69. The Labute approximate surface area is 114 Å². The zero-order valence-corrected chi connectivity index (χ0v) is 11.2. The van der Waals surface area contributed by atoms with Gasteiger partial charge in [0.2, 0.25) is 0 Å². The molecule has 1 N–H and O–H groups in total. The smallest absolute Gasteiger partial charge is 0.342 e. The molecular formula is C13H12ClNO4. The maximum absolute atomic E-state index is 11.8. The molecule has 0 bridgehead atoms. The Kier molecular flexibility index (Phi) is 3.76. The predicted molar refractivity (Wildman–Crippen MR) is 68.2 cm³/mol. The number of ether oxygens (including phenoxy) is 1. The van der Waals surface area contributed by atoms with Gasteiger partial charge in [0.25, 0.3) is 0 Å². The maximum Gasteiger partial charge on any atom is 0.342 e. The highest BCUT2D eigenvalue weighted by Gasteiger charge is 2.16. The highest BCUT2D eigenvalue weighted by atomic mass is 35.5. The Balaban J connectivity index is 2.12. The number of aromatic hydroxyl groups is 1. The summed E-state index contributed by atoms with van der Waals surface area (Å²) >= 11 is 5.77. The van der Waals surface area contributed by atoms with Crippen molar-refractivity contribution in [3.8, 4) is 5.75 Å². The number of rotatable bonds is 3. The van der Waals surface area contributed by atoms with Gasteiger partial charge in [0, 0.05) is 5.02 Å². The summed E-state index contributed by atoms with van der Waals surface area (Å²) in [4.78, 5) is 11.8. The Morgan fingerprint density at radius 3 is 2.84 bits per heavy atom. The van der Waals surface area contributed by atoms with Gasteiger partial charge in [-0.2, -0.15) is 0 Å². The van der Waals surface area contributed by atoms with Gasteiger partial charge in [-0.1, -0.05) is 16.8 Å². The standard InChI is InChI=1S/C13H12ClNO4/c1-7-11(8(2)19-15-7)6-18-13(17)10-5-9(14)3-4-12(10)16/h3-5,16H,6H2,1-2H3. The largest absolute Gasteiger partial charge is 0.507 e. The average molecular weight is 282 g/mol. The third-order valence-electron chi connectivity index (χ3n) is 2.71. The number of phenolic OH excluding ortho intramolecular Hbond substituents is 1. The zero-order valence-electron chi connectivity index (χ0n) is 10.4. The topological polar surface area (TPSA) is 72.6 Å². The Morgan fingerprint density at radius 1 is 1.47 bits per heavy atom. The van der Waals surface area contributed by atoms with E-state index in [2.05, 4.69) is 5.16 Å². The van der Waals surface area contributed by atoms with Crippen molar-refractivity contribution in [2.75, 3.05) is 0 Å². The summed E-state index contributed by atoms with van der Waals surface area (Å²) < 4.78 is 10.1. The molecule has 19 heavy (non-hydrogen) atoms. The van der Waals surface area contributed by atoms with E-state index < -0.39 is 5.97 Å². The second-order valence-electron chi connectivity index (χ2n) is 4.04. The molecule has 1 aromatic heterocycles. The Bertz CT molecular complexity index is 602. The molecule has 0 radical (unpaired) electrons. The van der Waals surface area contributed by atoms with Gasteiger partial charge in [-0.3, -0.25) is 0 Å². The minimum atomic E-state index is -0.653. The number of phenols is 1. The van der Waals surface area contributed by atoms with E-state index in [0.717, 1.165) is 5.56 Å². The van der Waals surface area contributed by atoms with Crippen LogP contribution in [0, 0.1) is 13.8 Å². The van der Waals surface area contributed by atoms with Crippen molar-refractivity contribution >= 4 is 17.6 Å². The van der Waals surface area contributed by atoms with E-state index in [1.807, 2.05) is 0 Å². The summed E-state index contributed by atoms with van der Waals surface area (Å²) in [7, 11) is 0. The van der Waals surface area contributed by atoms with Gasteiger partial charge in [-0.05, 0) is 32.0 Å². The number of hydrogen-bond donors (Lipinski definition) is 1. The summed E-state index contributed by atoms with van der Waals surface area (Å²) in [6, 6.07) is 4.18. The summed E-state index contributed by atoms with van der Waals surface area (Å²) in [5.74, 6) is -0.228. The van der Waals surface area contributed by atoms with E-state index in [-0.39, 0.29) is 17.9 Å². The van der Waals surface area contributed by atoms with E-state index in [1.54, 1.807) is 13.8 Å². The lowest BCUT2D eigenvalue weighted by atomic mass is 10.2. The van der Waals surface area contributed by atoms with Crippen LogP contribution in [0.5, 0.6) is 5.75 Å². The minimum absolute atomic E-state index is 0.0271. The molecule has 0 aliphatic rings. The van der Waals surface area contributed by atoms with Crippen LogP contribution in [0.2, 0.25) is 5.02 Å². The molecule has 0 amide bonds. The first-order valence-electron chi connectivity index (χ1n) is 5.56. The zero-order chi connectivity index (χ0) is 14.0. The summed E-state index contributed by atoms with van der Waals surface area (Å²) in [6.07, 6.45) is 0. The summed E-state index contributed by atoms with van der Waals surface area (Å²) in [5, 5.41) is 13.7. The molecule has 0 saturated heterocycles. The molecule has 5 nitrogen and oxygen atoms in total. The first kappa shape index (κ1) is 13.4. The van der Waals surface area contributed by atoms with E-state index in [1.165, 1.54) is 18.2 Å². The summed E-state index contributed by atoms with van der Waals surface area (Å²) in [5.41, 5.74) is 1.41. The van der Waals surface area contributed by atoms with Crippen molar-refractivity contribution < 1.29 is 19.2 Å². The van der Waals surface area contributed by atoms with Gasteiger partial charge in [0.05, 0.1) is 11.3 Å². The van der Waals surface area contributed by atoms with Gasteiger partial charge < -0.3 is 14.4 Å². The number of carbonyl (C=O) groups is 1. The molecule has 6 heteroatoms. The second-order valence-corrected chi connectivity index (χ2v) is 4.48. The molecule has 0 saturated carbocycles. The lowest BCUT2D eigenvalue weighted by molar-refractivity contribution is 0.0467. The molecule has 0 aliphatic heterocycles. The van der Waals surface area contributed by atoms with Crippen molar-refractivity contribution in [2.24, 2.45) is 0 Å². The molecule has 0 atom stereocenters. The van der Waals surface area contributed by atoms with Crippen LogP contribution in [0.25, 0.3) is 0 Å². The van der Waals surface area contributed by atoms with Crippen LogP contribution in [0.15, 0.2) is 22.7 Å². The molecule has 1 aromatic carbocycles. The van der Waals surface area contributed by atoms with E-state index in [4.69, 9.17) is 20.9 Å². The first-order chi connectivity index (χ1) is 8.99. The van der Waals surface area contributed by atoms with Crippen molar-refractivity contribution in [1.29, 1.82) is 0 Å². The third-order valence-corrected chi connectivity index (χ3v) is 2.94. The molecule has 0 aliphatic carbocycles. The number of aryl methyl sites for hydroxylation is 2. The van der Waals surface area contributed by atoms with Crippen molar-refractivity contribution in [2.45, 2.75) is 20.5 Å². The molecule has 0 unspecified atom stereocenters. The fourth-order valence-electron chi connectivity index (χ4n) is 1.60. The number of hydrogen-bond acceptors (Lipinski definition) is 5. The van der Waals surface area contributed by atoms with Gasteiger partial charge in [-0.15, -0.1) is 0 Å². The lowest BCUT2D eigenvalue weighted by Crippen LogP contribution is -2.06. The third kappa shape index (κ3) is 2.88. The lowest BCUT2D eigenvalue weighted by Gasteiger charge is -2.06. The van der Waals surface area contributed by atoms with E-state index in [9.17, 15) is 9.90 Å². The van der Waals surface area contributed by atoms with Gasteiger partial charge in [0.15, 0.2) is 0 Å². The molecule has 0 fully saturated rings. The molecule has 2 rings (SSSR count). The van der Waals surface area contributed by atoms with Crippen molar-refractivity contribution in [3.05, 3.63) is 45.8 Å². The molecule has 1 heterocycles. The molecule has 0 spiro atoms. The molecule has 2 aromatic rings. The van der Waals surface area contributed by atoms with Crippen LogP contribution in [0.3, 0.4) is 0 Å². The van der Waals surface area contributed by atoms with E-state index in [0.29, 0.717) is 16.5 Å². The van der Waals surface area contributed by atoms with Crippen LogP contribution >= 0.6 is 11.6 Å². The predicted octanol–water partition coefficient (Wildman–Crippen LogP) is 3.01. The van der Waals surface area contributed by atoms with Gasteiger partial charge in [0.1, 0.15) is 23.7 Å².